The minimum atomic E-state index is -0.374. The monoisotopic (exact) mass is 624 g/mol. The first-order valence-corrected chi connectivity index (χ1v) is 13.7. The third kappa shape index (κ3) is 5.91. The zero-order valence-electron chi connectivity index (χ0n) is 19.5. The molecule has 0 heterocycles. The molecule has 0 saturated heterocycles. The largest absolute Gasteiger partial charge is 0.277 e. The van der Waals surface area contributed by atoms with Gasteiger partial charge in [0, 0.05) is 11.4 Å². The lowest BCUT2D eigenvalue weighted by molar-refractivity contribution is -0.116. The van der Waals surface area contributed by atoms with Crippen LogP contribution in [-0.2, 0) is 9.59 Å². The number of benzene rings is 4. The van der Waals surface area contributed by atoms with Gasteiger partial charge in [0.25, 0.3) is 0 Å². The van der Waals surface area contributed by atoms with Crippen molar-refractivity contribution in [3.8, 4) is 11.1 Å². The Balaban J connectivity index is 1.67. The maximum absolute atomic E-state index is 12.7. The van der Waals surface area contributed by atoms with Crippen molar-refractivity contribution in [1.82, 2.24) is 0 Å². The summed E-state index contributed by atoms with van der Waals surface area (Å²) >= 11 is 37.2. The van der Waals surface area contributed by atoms with E-state index < -0.39 is 0 Å². The average molecular weight is 627 g/mol. The van der Waals surface area contributed by atoms with Crippen molar-refractivity contribution in [2.24, 2.45) is 0 Å². The first-order chi connectivity index (χ1) is 18.3. The van der Waals surface area contributed by atoms with Crippen molar-refractivity contribution in [3.05, 3.63) is 105 Å². The van der Waals surface area contributed by atoms with E-state index >= 15 is 0 Å². The van der Waals surface area contributed by atoms with Crippen LogP contribution in [0.2, 0.25) is 20.1 Å². The number of carbonyl (C=O) groups excluding carboxylic acids is 2. The highest BCUT2D eigenvalue weighted by Crippen LogP contribution is 2.40. The summed E-state index contributed by atoms with van der Waals surface area (Å²) in [6.07, 6.45) is 0. The van der Waals surface area contributed by atoms with Crippen LogP contribution in [0.15, 0.2) is 84.9 Å². The Bertz CT molecular complexity index is 1320. The number of rotatable bonds is 7. The number of hydrogen-bond acceptors (Lipinski definition) is 2. The Hall–Kier alpha value is -2.44. The summed E-state index contributed by atoms with van der Waals surface area (Å²) in [6.45, 7) is 0. The smallest absolute Gasteiger partial charge is 0.246 e. The van der Waals surface area contributed by atoms with Gasteiger partial charge in [0.05, 0.1) is 31.5 Å². The lowest BCUT2D eigenvalue weighted by Crippen LogP contribution is -2.27. The summed E-state index contributed by atoms with van der Waals surface area (Å²) < 4.78 is 0. The number of carbonyl (C=O) groups is 2. The topological polar surface area (TPSA) is 40.6 Å². The van der Waals surface area contributed by atoms with E-state index in [1.807, 2.05) is 24.3 Å². The number of halogens is 6. The molecule has 4 nitrogen and oxygen atoms in total. The van der Waals surface area contributed by atoms with E-state index in [-0.39, 0.29) is 23.6 Å². The SMILES string of the molecule is O=C(CCl)N(c1ccc(-c2ccc(N(C(=O)CCl)c3c(Cl)cccc3Cl)cc2)cc1)c1c(Cl)cccc1Cl. The van der Waals surface area contributed by atoms with Crippen LogP contribution < -0.4 is 9.80 Å². The molecule has 0 aliphatic heterocycles. The van der Waals surface area contributed by atoms with E-state index in [0.29, 0.717) is 42.8 Å². The lowest BCUT2D eigenvalue weighted by Gasteiger charge is -2.25. The molecule has 0 aliphatic carbocycles. The van der Waals surface area contributed by atoms with Gasteiger partial charge in [-0.1, -0.05) is 82.8 Å². The zero-order chi connectivity index (χ0) is 27.4. The van der Waals surface area contributed by atoms with E-state index in [4.69, 9.17) is 69.6 Å². The molecule has 0 aliphatic rings. The standard InChI is InChI=1S/C28H18Cl6N2O2/c29-15-25(37)35(27-21(31)3-1-4-22(27)32)19-11-7-17(8-12-19)18-9-13-20(14-10-18)36(26(38)16-30)28-23(33)5-2-6-24(28)34/h1-14H,15-16H2. The fourth-order valence-corrected chi connectivity index (χ4v) is 5.30. The van der Waals surface area contributed by atoms with Gasteiger partial charge >= 0.3 is 0 Å². The van der Waals surface area contributed by atoms with Crippen molar-refractivity contribution in [3.63, 3.8) is 0 Å². The highest BCUT2D eigenvalue weighted by atomic mass is 35.5. The summed E-state index contributed by atoms with van der Waals surface area (Å²) in [5.74, 6) is -1.25. The highest BCUT2D eigenvalue weighted by Gasteiger charge is 2.24. The molecular formula is C28H18Cl6N2O2. The molecule has 4 rings (SSSR count). The normalized spacial score (nSPS) is 10.8. The molecule has 0 fully saturated rings. The van der Waals surface area contributed by atoms with Gasteiger partial charge in [-0.2, -0.15) is 0 Å². The maximum Gasteiger partial charge on any atom is 0.246 e. The number of amides is 2. The van der Waals surface area contributed by atoms with Crippen molar-refractivity contribution in [2.75, 3.05) is 21.6 Å². The van der Waals surface area contributed by atoms with E-state index in [0.717, 1.165) is 11.1 Å². The molecule has 0 radical (unpaired) electrons. The molecule has 38 heavy (non-hydrogen) atoms. The lowest BCUT2D eigenvalue weighted by atomic mass is 10.0. The van der Waals surface area contributed by atoms with Crippen molar-refractivity contribution >= 4 is 104 Å². The van der Waals surface area contributed by atoms with Gasteiger partial charge in [-0.25, -0.2) is 0 Å². The Morgan fingerprint density at radius 2 is 0.789 bits per heavy atom. The molecular weight excluding hydrogens is 609 g/mol. The summed E-state index contributed by atoms with van der Waals surface area (Å²) in [4.78, 5) is 28.3. The van der Waals surface area contributed by atoms with Gasteiger partial charge in [0.2, 0.25) is 11.8 Å². The quantitative estimate of drug-likeness (QED) is 0.192. The van der Waals surface area contributed by atoms with E-state index in [1.165, 1.54) is 9.80 Å². The molecule has 4 aromatic carbocycles. The maximum atomic E-state index is 12.7. The van der Waals surface area contributed by atoms with Gasteiger partial charge in [0.1, 0.15) is 11.8 Å². The van der Waals surface area contributed by atoms with Crippen LogP contribution in [0, 0.1) is 0 Å². The second-order valence-corrected chi connectivity index (χ2v) is 10.1. The predicted molar refractivity (Wildman–Crippen MR) is 161 cm³/mol. The van der Waals surface area contributed by atoms with Crippen LogP contribution in [0.3, 0.4) is 0 Å². The number of para-hydroxylation sites is 2. The third-order valence-electron chi connectivity index (χ3n) is 5.63. The fraction of sp³-hybridized carbons (Fsp3) is 0.0714. The molecule has 2 amide bonds. The predicted octanol–water partition coefficient (Wildman–Crippen LogP) is 9.77. The number of anilines is 4. The van der Waals surface area contributed by atoms with Crippen LogP contribution >= 0.6 is 69.6 Å². The second-order valence-electron chi connectivity index (χ2n) is 7.96. The molecule has 0 atom stereocenters. The number of alkyl halides is 2. The molecule has 194 valence electrons. The van der Waals surface area contributed by atoms with Crippen LogP contribution in [0.1, 0.15) is 0 Å². The Morgan fingerprint density at radius 3 is 1.05 bits per heavy atom. The first-order valence-electron chi connectivity index (χ1n) is 11.1. The first kappa shape index (κ1) is 28.6. The van der Waals surface area contributed by atoms with Crippen molar-refractivity contribution in [1.29, 1.82) is 0 Å². The fourth-order valence-electron chi connectivity index (χ4n) is 3.93. The molecule has 10 heteroatoms. The molecule has 0 saturated carbocycles. The second kappa shape index (κ2) is 12.6. The van der Waals surface area contributed by atoms with Gasteiger partial charge in [-0.15, -0.1) is 23.2 Å². The minimum Gasteiger partial charge on any atom is -0.277 e. The van der Waals surface area contributed by atoms with Crippen molar-refractivity contribution in [2.45, 2.75) is 0 Å². The minimum absolute atomic E-state index is 0.252. The number of nitrogens with zero attached hydrogens (tertiary/aromatic N) is 2. The average Bonchev–Trinajstić information content (AvgIpc) is 2.92. The van der Waals surface area contributed by atoms with Gasteiger partial charge in [-0.3, -0.25) is 19.4 Å². The summed E-state index contributed by atoms with van der Waals surface area (Å²) in [6, 6.07) is 24.6. The zero-order valence-corrected chi connectivity index (χ0v) is 24.0. The van der Waals surface area contributed by atoms with E-state index in [1.54, 1.807) is 60.7 Å². The Labute approximate surface area is 250 Å². The van der Waals surface area contributed by atoms with Crippen LogP contribution in [0.4, 0.5) is 22.7 Å². The highest BCUT2D eigenvalue weighted by molar-refractivity contribution is 6.42. The van der Waals surface area contributed by atoms with Gasteiger partial charge in [-0.05, 0) is 59.7 Å². The molecule has 4 aromatic rings. The molecule has 0 spiro atoms. The van der Waals surface area contributed by atoms with Crippen LogP contribution in [-0.4, -0.2) is 23.6 Å². The molecule has 0 aromatic heterocycles. The van der Waals surface area contributed by atoms with E-state index in [9.17, 15) is 9.59 Å². The van der Waals surface area contributed by atoms with E-state index in [2.05, 4.69) is 0 Å². The van der Waals surface area contributed by atoms with Gasteiger partial charge < -0.3 is 0 Å². The molecule has 0 unspecified atom stereocenters. The summed E-state index contributed by atoms with van der Waals surface area (Å²) in [5.41, 5.74) is 3.57. The van der Waals surface area contributed by atoms with Crippen molar-refractivity contribution < 1.29 is 9.59 Å². The molecule has 0 bridgehead atoms. The van der Waals surface area contributed by atoms with Gasteiger partial charge in [0.15, 0.2) is 0 Å². The summed E-state index contributed by atoms with van der Waals surface area (Å²) in [7, 11) is 0. The Kier molecular flexibility index (Phi) is 9.48. The Morgan fingerprint density at radius 1 is 0.500 bits per heavy atom. The molecule has 0 N–H and O–H groups in total. The number of hydrogen-bond donors (Lipinski definition) is 0. The van der Waals surface area contributed by atoms with Crippen LogP contribution in [0.25, 0.3) is 11.1 Å². The van der Waals surface area contributed by atoms with Crippen LogP contribution in [0.5, 0.6) is 0 Å². The third-order valence-corrected chi connectivity index (χ3v) is 7.31. The summed E-state index contributed by atoms with van der Waals surface area (Å²) in [5, 5.41) is 1.30.